The summed E-state index contributed by atoms with van der Waals surface area (Å²) in [4.78, 5) is 0. The minimum absolute atomic E-state index is 0.555. The quantitative estimate of drug-likeness (QED) is 0.438. The summed E-state index contributed by atoms with van der Waals surface area (Å²) < 4.78 is 30.6. The van der Waals surface area contributed by atoms with Crippen molar-refractivity contribution in [3.05, 3.63) is 0 Å². The van der Waals surface area contributed by atoms with Crippen molar-refractivity contribution in [3.63, 3.8) is 0 Å². The van der Waals surface area contributed by atoms with Crippen molar-refractivity contribution in [1.29, 1.82) is 0 Å². The van der Waals surface area contributed by atoms with Gasteiger partial charge in [-0.15, -0.1) is 0 Å². The molecule has 0 rings (SSSR count). The molecule has 0 aliphatic rings. The molecule has 2 unspecified atom stereocenters. The fourth-order valence-corrected chi connectivity index (χ4v) is 2.14. The molecule has 0 aromatic heterocycles. The van der Waals surface area contributed by atoms with E-state index >= 15 is 0 Å². The molecule has 0 bridgehead atoms. The van der Waals surface area contributed by atoms with E-state index in [2.05, 4.69) is 0 Å². The van der Waals surface area contributed by atoms with Crippen LogP contribution in [0.25, 0.3) is 0 Å². The molecule has 7 heteroatoms. The second-order valence-corrected chi connectivity index (χ2v) is 5.62. The van der Waals surface area contributed by atoms with E-state index in [9.17, 15) is 8.42 Å². The largest absolute Gasteiger partial charge is 0.396 e. The molecule has 6 nitrogen and oxygen atoms in total. The van der Waals surface area contributed by atoms with E-state index in [-0.39, 0.29) is 0 Å². The van der Waals surface area contributed by atoms with Gasteiger partial charge < -0.3 is 15.3 Å². The second kappa shape index (κ2) is 5.22. The molecule has 92 valence electrons. The lowest BCUT2D eigenvalue weighted by molar-refractivity contribution is -0.0336. The molecular formula is C8H18O6S. The van der Waals surface area contributed by atoms with E-state index < -0.39 is 46.5 Å². The van der Waals surface area contributed by atoms with E-state index in [0.29, 0.717) is 0 Å². The highest BCUT2D eigenvalue weighted by molar-refractivity contribution is 7.86. The molecule has 0 saturated carbocycles. The Morgan fingerprint density at radius 3 is 1.60 bits per heavy atom. The van der Waals surface area contributed by atoms with Crippen LogP contribution in [-0.2, 0) is 10.1 Å². The molecule has 0 aliphatic carbocycles. The topological polar surface area (TPSA) is 115 Å². The lowest BCUT2D eigenvalue weighted by Gasteiger charge is -2.36. The first-order valence-corrected chi connectivity index (χ1v) is 6.04. The van der Waals surface area contributed by atoms with Gasteiger partial charge in [0.25, 0.3) is 10.1 Å². The number of aliphatic hydroxyl groups excluding tert-OH is 3. The summed E-state index contributed by atoms with van der Waals surface area (Å²) in [7, 11) is -4.25. The average Bonchev–Trinajstić information content (AvgIpc) is 2.18. The van der Waals surface area contributed by atoms with Gasteiger partial charge in [0.1, 0.15) is 0 Å². The van der Waals surface area contributed by atoms with Gasteiger partial charge in [-0.25, -0.2) is 0 Å². The Morgan fingerprint density at radius 2 is 1.40 bits per heavy atom. The molecule has 0 aromatic rings. The third-order valence-corrected chi connectivity index (χ3v) is 4.43. The van der Waals surface area contributed by atoms with Gasteiger partial charge in [-0.2, -0.15) is 8.42 Å². The van der Waals surface area contributed by atoms with Gasteiger partial charge in [0.05, 0.1) is 25.1 Å². The third kappa shape index (κ3) is 3.12. The summed E-state index contributed by atoms with van der Waals surface area (Å²) in [5.41, 5.74) is -1.31. The van der Waals surface area contributed by atoms with Crippen LogP contribution in [0.4, 0.5) is 0 Å². The fourth-order valence-electron chi connectivity index (χ4n) is 1.34. The molecule has 0 radical (unpaired) electrons. The van der Waals surface area contributed by atoms with Crippen molar-refractivity contribution >= 4 is 10.1 Å². The van der Waals surface area contributed by atoms with E-state index in [1.807, 2.05) is 0 Å². The summed E-state index contributed by atoms with van der Waals surface area (Å²) in [6, 6.07) is 0. The Morgan fingerprint density at radius 1 is 1.07 bits per heavy atom. The zero-order chi connectivity index (χ0) is 12.3. The first kappa shape index (κ1) is 14.8. The van der Waals surface area contributed by atoms with Crippen LogP contribution in [0.5, 0.6) is 0 Å². The average molecular weight is 242 g/mol. The zero-order valence-corrected chi connectivity index (χ0v) is 9.61. The van der Waals surface area contributed by atoms with Crippen LogP contribution < -0.4 is 0 Å². The van der Waals surface area contributed by atoms with Gasteiger partial charge in [0.15, 0.2) is 0 Å². The highest BCUT2D eigenvalue weighted by Crippen LogP contribution is 2.31. The molecule has 0 aromatic carbocycles. The fraction of sp³-hybridized carbons (Fsp3) is 1.00. The van der Waals surface area contributed by atoms with Crippen LogP contribution in [0.1, 0.15) is 13.8 Å². The predicted molar refractivity (Wildman–Crippen MR) is 53.9 cm³/mol. The van der Waals surface area contributed by atoms with E-state index in [4.69, 9.17) is 19.9 Å². The van der Waals surface area contributed by atoms with Crippen LogP contribution in [0, 0.1) is 11.3 Å². The van der Waals surface area contributed by atoms with Gasteiger partial charge in [0.2, 0.25) is 0 Å². The minimum Gasteiger partial charge on any atom is -0.396 e. The van der Waals surface area contributed by atoms with Crippen molar-refractivity contribution in [3.8, 4) is 0 Å². The van der Waals surface area contributed by atoms with Gasteiger partial charge >= 0.3 is 0 Å². The Bertz CT molecular complexity index is 273. The summed E-state index contributed by atoms with van der Waals surface area (Å²) in [6.07, 6.45) is 0. The van der Waals surface area contributed by atoms with Crippen LogP contribution in [0.15, 0.2) is 0 Å². The predicted octanol–water partition coefficient (Wildman–Crippen LogP) is -1.14. The lowest BCUT2D eigenvalue weighted by atomic mass is 9.76. The number of hydrogen-bond donors (Lipinski definition) is 4. The normalized spacial score (nSPS) is 17.5. The number of aliphatic hydroxyl groups is 3. The lowest BCUT2D eigenvalue weighted by Crippen LogP contribution is -2.46. The monoisotopic (exact) mass is 242 g/mol. The highest BCUT2D eigenvalue weighted by Gasteiger charge is 2.41. The van der Waals surface area contributed by atoms with Gasteiger partial charge in [-0.3, -0.25) is 4.55 Å². The Kier molecular flexibility index (Phi) is 5.15. The van der Waals surface area contributed by atoms with Gasteiger partial charge in [0, 0.05) is 5.41 Å². The molecular weight excluding hydrogens is 224 g/mol. The number of rotatable bonds is 6. The first-order valence-electron chi connectivity index (χ1n) is 4.54. The second-order valence-electron chi connectivity index (χ2n) is 3.85. The zero-order valence-electron chi connectivity index (χ0n) is 8.79. The summed E-state index contributed by atoms with van der Waals surface area (Å²) in [5, 5.41) is 26.0. The summed E-state index contributed by atoms with van der Waals surface area (Å²) in [6.45, 7) is 1.04. The molecule has 4 N–H and O–H groups in total. The Labute approximate surface area is 89.3 Å². The Balaban J connectivity index is 5.03. The molecule has 0 spiro atoms. The minimum atomic E-state index is -4.25. The highest BCUT2D eigenvalue weighted by atomic mass is 32.2. The molecule has 15 heavy (non-hydrogen) atoms. The molecule has 0 fully saturated rings. The smallest absolute Gasteiger partial charge is 0.267 e. The standard InChI is InChI=1S/C8H18O6S/c1-6(7(2)15(12,13)14)8(3-9,4-10)5-11/h6-7,9-11H,3-5H2,1-2H3,(H,12,13,14). The maximum absolute atomic E-state index is 10.9. The maximum Gasteiger partial charge on any atom is 0.267 e. The van der Waals surface area contributed by atoms with Crippen molar-refractivity contribution in [1.82, 2.24) is 0 Å². The van der Waals surface area contributed by atoms with Crippen LogP contribution in [-0.4, -0.2) is 53.4 Å². The maximum atomic E-state index is 10.9. The van der Waals surface area contributed by atoms with Crippen molar-refractivity contribution < 1.29 is 28.3 Å². The van der Waals surface area contributed by atoms with Crippen LogP contribution in [0.3, 0.4) is 0 Å². The molecule has 2 atom stereocenters. The van der Waals surface area contributed by atoms with Crippen molar-refractivity contribution in [2.45, 2.75) is 19.1 Å². The van der Waals surface area contributed by atoms with Crippen LogP contribution in [0.2, 0.25) is 0 Å². The van der Waals surface area contributed by atoms with E-state index in [1.165, 1.54) is 13.8 Å². The SMILES string of the molecule is CC(C(C)S(=O)(=O)O)C(CO)(CO)CO. The van der Waals surface area contributed by atoms with E-state index in [1.54, 1.807) is 0 Å². The third-order valence-electron chi connectivity index (χ3n) is 3.08. The first-order chi connectivity index (χ1) is 6.75. The van der Waals surface area contributed by atoms with Crippen molar-refractivity contribution in [2.75, 3.05) is 19.8 Å². The summed E-state index contributed by atoms with van der Waals surface area (Å²) >= 11 is 0. The number of hydrogen-bond acceptors (Lipinski definition) is 5. The Hall–Kier alpha value is -0.210. The van der Waals surface area contributed by atoms with Gasteiger partial charge in [-0.05, 0) is 12.8 Å². The molecule has 0 aliphatic heterocycles. The van der Waals surface area contributed by atoms with Gasteiger partial charge in [-0.1, -0.05) is 6.92 Å². The summed E-state index contributed by atoms with van der Waals surface area (Å²) in [5.74, 6) is -0.771. The van der Waals surface area contributed by atoms with Crippen LogP contribution >= 0.6 is 0 Å². The molecule has 0 saturated heterocycles. The molecule has 0 amide bonds. The van der Waals surface area contributed by atoms with E-state index in [0.717, 1.165) is 0 Å². The van der Waals surface area contributed by atoms with Crippen molar-refractivity contribution in [2.24, 2.45) is 11.3 Å². The molecule has 0 heterocycles.